The molecule has 1 aromatic carbocycles. The van der Waals surface area contributed by atoms with E-state index in [1.807, 2.05) is 30.5 Å². The molecule has 24 heavy (non-hydrogen) atoms. The number of hydrogen-bond donors (Lipinski definition) is 2. The zero-order chi connectivity index (χ0) is 17.0. The maximum absolute atomic E-state index is 12.3. The quantitative estimate of drug-likeness (QED) is 0.882. The maximum atomic E-state index is 12.3. The molecule has 1 aromatic heterocycles. The number of amides is 1. The van der Waals surface area contributed by atoms with Gasteiger partial charge in [-0.05, 0) is 31.9 Å². The first-order chi connectivity index (χ1) is 11.6. The largest absolute Gasteiger partial charge is 0.389 e. The van der Waals surface area contributed by atoms with Gasteiger partial charge in [0.1, 0.15) is 5.82 Å². The number of imidazole rings is 1. The van der Waals surface area contributed by atoms with Gasteiger partial charge in [0.15, 0.2) is 0 Å². The van der Waals surface area contributed by atoms with Gasteiger partial charge >= 0.3 is 0 Å². The van der Waals surface area contributed by atoms with Gasteiger partial charge in [-0.1, -0.05) is 31.4 Å². The molecule has 0 aliphatic heterocycles. The first-order valence-corrected chi connectivity index (χ1v) is 8.73. The van der Waals surface area contributed by atoms with Crippen molar-refractivity contribution in [3.05, 3.63) is 36.7 Å². The fourth-order valence-corrected chi connectivity index (χ4v) is 3.45. The first kappa shape index (κ1) is 16.7. The standard InChI is InChI=1S/C19H25N3O2/c1-2-22-12-11-20-18(22)15-7-6-8-16(13-15)21-17(23)14-19(24)9-4-3-5-10-19/h6-8,11-13,24H,2-5,9-10,14H2,1H3,(H,21,23). The molecular formula is C19H25N3O2. The van der Waals surface area contributed by atoms with Gasteiger partial charge in [-0.2, -0.15) is 0 Å². The number of aryl methyl sites for hydroxylation is 1. The van der Waals surface area contributed by atoms with Gasteiger partial charge in [-0.15, -0.1) is 0 Å². The number of anilines is 1. The second-order valence-corrected chi connectivity index (χ2v) is 6.63. The lowest BCUT2D eigenvalue weighted by Gasteiger charge is -2.31. The van der Waals surface area contributed by atoms with Crippen LogP contribution >= 0.6 is 0 Å². The summed E-state index contributed by atoms with van der Waals surface area (Å²) < 4.78 is 2.06. The van der Waals surface area contributed by atoms with Crippen LogP contribution in [0.3, 0.4) is 0 Å². The highest BCUT2D eigenvalue weighted by atomic mass is 16.3. The van der Waals surface area contributed by atoms with E-state index in [9.17, 15) is 9.90 Å². The number of aliphatic hydroxyl groups is 1. The van der Waals surface area contributed by atoms with Crippen molar-refractivity contribution in [2.45, 2.75) is 57.6 Å². The summed E-state index contributed by atoms with van der Waals surface area (Å²) in [5, 5.41) is 13.4. The number of nitrogens with one attached hydrogen (secondary N) is 1. The van der Waals surface area contributed by atoms with E-state index in [2.05, 4.69) is 21.8 Å². The Kier molecular flexibility index (Phi) is 5.00. The summed E-state index contributed by atoms with van der Waals surface area (Å²) in [4.78, 5) is 16.7. The fraction of sp³-hybridized carbons (Fsp3) is 0.474. The zero-order valence-corrected chi connectivity index (χ0v) is 14.2. The monoisotopic (exact) mass is 327 g/mol. The van der Waals surface area contributed by atoms with E-state index in [0.717, 1.165) is 42.9 Å². The average Bonchev–Trinajstić information content (AvgIpc) is 3.03. The molecule has 0 spiro atoms. The third kappa shape index (κ3) is 3.85. The molecule has 128 valence electrons. The lowest BCUT2D eigenvalue weighted by atomic mass is 9.82. The highest BCUT2D eigenvalue weighted by molar-refractivity contribution is 5.92. The van der Waals surface area contributed by atoms with Crippen LogP contribution in [0.1, 0.15) is 45.4 Å². The Balaban J connectivity index is 1.69. The van der Waals surface area contributed by atoms with Crippen LogP contribution < -0.4 is 5.32 Å². The minimum atomic E-state index is -0.835. The number of carbonyl (C=O) groups excluding carboxylic acids is 1. The van der Waals surface area contributed by atoms with Crippen molar-refractivity contribution in [3.63, 3.8) is 0 Å². The summed E-state index contributed by atoms with van der Waals surface area (Å²) in [6, 6.07) is 7.69. The van der Waals surface area contributed by atoms with Gasteiger partial charge in [0.2, 0.25) is 5.91 Å². The summed E-state index contributed by atoms with van der Waals surface area (Å²) >= 11 is 0. The van der Waals surface area contributed by atoms with E-state index in [0.29, 0.717) is 12.8 Å². The summed E-state index contributed by atoms with van der Waals surface area (Å²) in [7, 11) is 0. The topological polar surface area (TPSA) is 67.2 Å². The number of benzene rings is 1. The molecule has 2 N–H and O–H groups in total. The van der Waals surface area contributed by atoms with Crippen molar-refractivity contribution in [1.82, 2.24) is 9.55 Å². The third-order valence-electron chi connectivity index (χ3n) is 4.73. The van der Waals surface area contributed by atoms with Crippen molar-refractivity contribution >= 4 is 11.6 Å². The van der Waals surface area contributed by atoms with Gasteiger partial charge in [0.05, 0.1) is 12.0 Å². The average molecular weight is 327 g/mol. The van der Waals surface area contributed by atoms with Crippen molar-refractivity contribution in [1.29, 1.82) is 0 Å². The predicted molar refractivity (Wildman–Crippen MR) is 94.6 cm³/mol. The maximum Gasteiger partial charge on any atom is 0.227 e. The summed E-state index contributed by atoms with van der Waals surface area (Å²) in [5.74, 6) is 0.759. The van der Waals surface area contributed by atoms with E-state index in [1.54, 1.807) is 6.20 Å². The van der Waals surface area contributed by atoms with Gasteiger partial charge < -0.3 is 15.0 Å². The Labute approximate surface area is 142 Å². The minimum absolute atomic E-state index is 0.129. The fourth-order valence-electron chi connectivity index (χ4n) is 3.45. The molecule has 1 aliphatic carbocycles. The molecule has 1 heterocycles. The second-order valence-electron chi connectivity index (χ2n) is 6.63. The number of nitrogens with zero attached hydrogens (tertiary/aromatic N) is 2. The van der Waals surface area contributed by atoms with E-state index in [4.69, 9.17) is 0 Å². The molecule has 5 heteroatoms. The summed E-state index contributed by atoms with van der Waals surface area (Å²) in [6.07, 6.45) is 8.47. The van der Waals surface area contributed by atoms with Crippen molar-refractivity contribution in [2.24, 2.45) is 0 Å². The molecule has 0 unspecified atom stereocenters. The van der Waals surface area contributed by atoms with Crippen molar-refractivity contribution in [3.8, 4) is 11.4 Å². The van der Waals surface area contributed by atoms with Crippen LogP contribution in [0.4, 0.5) is 5.69 Å². The Morgan fingerprint density at radius 3 is 2.88 bits per heavy atom. The predicted octanol–water partition coefficient (Wildman–Crippen LogP) is 3.59. The molecule has 1 amide bonds. The van der Waals surface area contributed by atoms with Crippen LogP contribution in [0.25, 0.3) is 11.4 Å². The molecule has 0 radical (unpaired) electrons. The zero-order valence-electron chi connectivity index (χ0n) is 14.2. The second kappa shape index (κ2) is 7.18. The summed E-state index contributed by atoms with van der Waals surface area (Å²) in [6.45, 7) is 2.92. The van der Waals surface area contributed by atoms with Gasteiger partial charge in [-0.25, -0.2) is 4.98 Å². The highest BCUT2D eigenvalue weighted by Gasteiger charge is 2.31. The van der Waals surface area contributed by atoms with Crippen LogP contribution in [0.15, 0.2) is 36.7 Å². The van der Waals surface area contributed by atoms with Crippen LogP contribution in [-0.2, 0) is 11.3 Å². The third-order valence-corrected chi connectivity index (χ3v) is 4.73. The Hall–Kier alpha value is -2.14. The Bertz CT molecular complexity index is 702. The SMILES string of the molecule is CCn1ccnc1-c1cccc(NC(=O)CC2(O)CCCCC2)c1. The van der Waals surface area contributed by atoms with Crippen molar-refractivity contribution < 1.29 is 9.90 Å². The number of carbonyl (C=O) groups is 1. The molecule has 3 rings (SSSR count). The molecule has 0 saturated heterocycles. The highest BCUT2D eigenvalue weighted by Crippen LogP contribution is 2.31. The van der Waals surface area contributed by atoms with Gasteiger partial charge in [0.25, 0.3) is 0 Å². The molecule has 2 aromatic rings. The van der Waals surface area contributed by atoms with Crippen LogP contribution in [0.2, 0.25) is 0 Å². The number of aromatic nitrogens is 2. The van der Waals surface area contributed by atoms with Gasteiger partial charge in [-0.3, -0.25) is 4.79 Å². The van der Waals surface area contributed by atoms with Crippen LogP contribution in [-0.4, -0.2) is 26.2 Å². The lowest BCUT2D eigenvalue weighted by Crippen LogP contribution is -2.35. The number of rotatable bonds is 5. The molecule has 0 bridgehead atoms. The van der Waals surface area contributed by atoms with Crippen molar-refractivity contribution in [2.75, 3.05) is 5.32 Å². The number of hydrogen-bond acceptors (Lipinski definition) is 3. The Morgan fingerprint density at radius 2 is 2.12 bits per heavy atom. The molecular weight excluding hydrogens is 302 g/mol. The van der Waals surface area contributed by atoms with Crippen LogP contribution in [0, 0.1) is 0 Å². The normalized spacial score (nSPS) is 16.8. The van der Waals surface area contributed by atoms with Gasteiger partial charge in [0, 0.05) is 30.2 Å². The molecule has 1 saturated carbocycles. The first-order valence-electron chi connectivity index (χ1n) is 8.73. The summed E-state index contributed by atoms with van der Waals surface area (Å²) in [5.41, 5.74) is 0.872. The van der Waals surface area contributed by atoms with E-state index < -0.39 is 5.60 Å². The van der Waals surface area contributed by atoms with Crippen LogP contribution in [0.5, 0.6) is 0 Å². The lowest BCUT2D eigenvalue weighted by molar-refractivity contribution is -0.122. The molecule has 5 nitrogen and oxygen atoms in total. The molecule has 1 fully saturated rings. The molecule has 0 atom stereocenters. The van der Waals surface area contributed by atoms with E-state index >= 15 is 0 Å². The smallest absolute Gasteiger partial charge is 0.227 e. The molecule has 1 aliphatic rings. The minimum Gasteiger partial charge on any atom is -0.389 e. The van der Waals surface area contributed by atoms with E-state index in [1.165, 1.54) is 0 Å². The Morgan fingerprint density at radius 1 is 1.33 bits per heavy atom. The van der Waals surface area contributed by atoms with E-state index in [-0.39, 0.29) is 12.3 Å².